The lowest BCUT2D eigenvalue weighted by molar-refractivity contribution is 0.0600. The summed E-state index contributed by atoms with van der Waals surface area (Å²) in [6.07, 6.45) is 2.10. The quantitative estimate of drug-likeness (QED) is 0.736. The van der Waals surface area contributed by atoms with Gasteiger partial charge in [-0.15, -0.1) is 0 Å². The molecule has 0 amide bonds. The molecule has 0 atom stereocenters. The lowest BCUT2D eigenvalue weighted by Crippen LogP contribution is -2.27. The highest BCUT2D eigenvalue weighted by Crippen LogP contribution is 2.16. The topological polar surface area (TPSA) is 76.6 Å². The van der Waals surface area contributed by atoms with E-state index in [1.807, 2.05) is 4.90 Å². The minimum atomic E-state index is -2.95. The van der Waals surface area contributed by atoms with Gasteiger partial charge in [0.2, 0.25) is 0 Å². The van der Waals surface area contributed by atoms with Crippen molar-refractivity contribution in [3.63, 3.8) is 0 Å². The van der Waals surface area contributed by atoms with Gasteiger partial charge in [0.05, 0.1) is 24.2 Å². The first-order valence-electron chi connectivity index (χ1n) is 6.01. The molecule has 0 N–H and O–H groups in total. The Morgan fingerprint density at radius 1 is 1.37 bits per heavy atom. The molecule has 1 aliphatic rings. The van der Waals surface area contributed by atoms with Crippen LogP contribution in [0.25, 0.3) is 0 Å². The number of hydrogen-bond acceptors (Lipinski definition) is 6. The molecule has 0 unspecified atom stereocenters. The number of carbonyl (C=O) groups is 1. The van der Waals surface area contributed by atoms with Crippen LogP contribution >= 0.6 is 0 Å². The van der Waals surface area contributed by atoms with E-state index in [1.165, 1.54) is 13.3 Å². The van der Waals surface area contributed by atoms with Crippen molar-refractivity contribution in [1.29, 1.82) is 0 Å². The van der Waals surface area contributed by atoms with Crippen LogP contribution in [0.2, 0.25) is 0 Å². The first-order chi connectivity index (χ1) is 9.02. The van der Waals surface area contributed by atoms with Crippen LogP contribution in [0.1, 0.15) is 16.8 Å². The van der Waals surface area contributed by atoms with E-state index in [4.69, 9.17) is 0 Å². The van der Waals surface area contributed by atoms with E-state index < -0.39 is 15.8 Å². The standard InChI is InChI=1S/C12H16N2O4S/c1-18-12(15)10-3-4-13-11(9-10)14-5-2-7-19(16,17)8-6-14/h3-4,9H,2,5-8H2,1H3. The van der Waals surface area contributed by atoms with Gasteiger partial charge in [-0.05, 0) is 18.6 Å². The zero-order valence-electron chi connectivity index (χ0n) is 10.7. The van der Waals surface area contributed by atoms with E-state index >= 15 is 0 Å². The molecule has 6 nitrogen and oxygen atoms in total. The molecular formula is C12H16N2O4S. The Morgan fingerprint density at radius 2 is 2.16 bits per heavy atom. The zero-order chi connectivity index (χ0) is 13.9. The van der Waals surface area contributed by atoms with Crippen molar-refractivity contribution < 1.29 is 17.9 Å². The van der Waals surface area contributed by atoms with Gasteiger partial charge < -0.3 is 9.64 Å². The van der Waals surface area contributed by atoms with Crippen molar-refractivity contribution in [2.24, 2.45) is 0 Å². The summed E-state index contributed by atoms with van der Waals surface area (Å²) in [7, 11) is -1.63. The Hall–Kier alpha value is -1.63. The summed E-state index contributed by atoms with van der Waals surface area (Å²) in [6, 6.07) is 3.20. The summed E-state index contributed by atoms with van der Waals surface area (Å²) >= 11 is 0. The molecule has 1 aromatic rings. The van der Waals surface area contributed by atoms with Crippen LogP contribution in [0.4, 0.5) is 5.82 Å². The number of carbonyl (C=O) groups excluding carboxylic acids is 1. The van der Waals surface area contributed by atoms with Crippen LogP contribution in [0, 0.1) is 0 Å². The molecule has 7 heteroatoms. The Bertz CT molecular complexity index is 571. The van der Waals surface area contributed by atoms with Gasteiger partial charge in [0.25, 0.3) is 0 Å². The molecule has 1 fully saturated rings. The highest BCUT2D eigenvalue weighted by atomic mass is 32.2. The fourth-order valence-electron chi connectivity index (χ4n) is 2.00. The lowest BCUT2D eigenvalue weighted by Gasteiger charge is -2.20. The van der Waals surface area contributed by atoms with E-state index in [0.717, 1.165) is 0 Å². The maximum Gasteiger partial charge on any atom is 0.338 e. The Labute approximate surface area is 112 Å². The van der Waals surface area contributed by atoms with Gasteiger partial charge in [-0.2, -0.15) is 0 Å². The highest BCUT2D eigenvalue weighted by Gasteiger charge is 2.20. The predicted molar refractivity (Wildman–Crippen MR) is 71.1 cm³/mol. The third-order valence-corrected chi connectivity index (χ3v) is 4.76. The summed E-state index contributed by atoms with van der Waals surface area (Å²) < 4.78 is 27.8. The Balaban J connectivity index is 2.20. The molecule has 2 heterocycles. The van der Waals surface area contributed by atoms with Crippen molar-refractivity contribution in [3.05, 3.63) is 23.9 Å². The van der Waals surface area contributed by atoms with Gasteiger partial charge in [0.15, 0.2) is 9.84 Å². The maximum atomic E-state index is 11.5. The van der Waals surface area contributed by atoms with Gasteiger partial charge >= 0.3 is 5.97 Å². The average Bonchev–Trinajstić information content (AvgIpc) is 2.59. The minimum Gasteiger partial charge on any atom is -0.465 e. The number of hydrogen-bond donors (Lipinski definition) is 0. The molecule has 0 aromatic carbocycles. The first kappa shape index (κ1) is 13.8. The summed E-state index contributed by atoms with van der Waals surface area (Å²) in [4.78, 5) is 17.5. The SMILES string of the molecule is COC(=O)c1ccnc(N2CCCS(=O)(=O)CC2)c1. The molecule has 1 aliphatic heterocycles. The number of rotatable bonds is 2. The second-order valence-electron chi connectivity index (χ2n) is 4.39. The summed E-state index contributed by atoms with van der Waals surface area (Å²) in [5, 5.41) is 0. The predicted octanol–water partition coefficient (Wildman–Crippen LogP) is 0.493. The third-order valence-electron chi connectivity index (χ3n) is 3.05. The van der Waals surface area contributed by atoms with Gasteiger partial charge in [-0.1, -0.05) is 0 Å². The third kappa shape index (κ3) is 3.44. The number of aromatic nitrogens is 1. The minimum absolute atomic E-state index is 0.122. The van der Waals surface area contributed by atoms with E-state index in [1.54, 1.807) is 12.1 Å². The number of pyridine rings is 1. The average molecular weight is 284 g/mol. The van der Waals surface area contributed by atoms with E-state index in [-0.39, 0.29) is 11.5 Å². The van der Waals surface area contributed by atoms with Crippen molar-refractivity contribution in [1.82, 2.24) is 4.98 Å². The normalized spacial score (nSPS) is 18.7. The van der Waals surface area contributed by atoms with Crippen molar-refractivity contribution in [2.75, 3.05) is 36.6 Å². The van der Waals surface area contributed by atoms with Gasteiger partial charge in [0, 0.05) is 19.3 Å². The maximum absolute atomic E-state index is 11.5. The molecule has 0 radical (unpaired) electrons. The van der Waals surface area contributed by atoms with Gasteiger partial charge in [0.1, 0.15) is 5.82 Å². The van der Waals surface area contributed by atoms with Crippen molar-refractivity contribution in [2.45, 2.75) is 6.42 Å². The largest absolute Gasteiger partial charge is 0.465 e. The summed E-state index contributed by atoms with van der Waals surface area (Å²) in [6.45, 7) is 1.02. The molecule has 19 heavy (non-hydrogen) atoms. The van der Waals surface area contributed by atoms with Crippen LogP contribution in [0.5, 0.6) is 0 Å². The van der Waals surface area contributed by atoms with Crippen molar-refractivity contribution >= 4 is 21.6 Å². The monoisotopic (exact) mass is 284 g/mol. The fraction of sp³-hybridized carbons (Fsp3) is 0.500. The fourth-order valence-corrected chi connectivity index (χ4v) is 3.28. The second kappa shape index (κ2) is 5.56. The number of ether oxygens (including phenoxy) is 1. The summed E-state index contributed by atoms with van der Waals surface area (Å²) in [5.74, 6) is 0.517. The molecule has 0 spiro atoms. The first-order valence-corrected chi connectivity index (χ1v) is 7.84. The van der Waals surface area contributed by atoms with Crippen LogP contribution in [0.3, 0.4) is 0 Å². The van der Waals surface area contributed by atoms with E-state index in [0.29, 0.717) is 30.9 Å². The molecule has 0 bridgehead atoms. The Kier molecular flexibility index (Phi) is 4.04. The molecule has 2 rings (SSSR count). The number of nitrogens with zero attached hydrogens (tertiary/aromatic N) is 2. The molecule has 104 valence electrons. The molecule has 0 aliphatic carbocycles. The number of esters is 1. The molecule has 1 saturated heterocycles. The van der Waals surface area contributed by atoms with Crippen LogP contribution in [0.15, 0.2) is 18.3 Å². The highest BCUT2D eigenvalue weighted by molar-refractivity contribution is 7.91. The number of anilines is 1. The van der Waals surface area contributed by atoms with Crippen LogP contribution in [-0.4, -0.2) is 51.1 Å². The summed E-state index contributed by atoms with van der Waals surface area (Å²) in [5.41, 5.74) is 0.416. The van der Waals surface area contributed by atoms with E-state index in [9.17, 15) is 13.2 Å². The van der Waals surface area contributed by atoms with Crippen LogP contribution in [-0.2, 0) is 14.6 Å². The Morgan fingerprint density at radius 3 is 2.89 bits per heavy atom. The van der Waals surface area contributed by atoms with E-state index in [2.05, 4.69) is 9.72 Å². The second-order valence-corrected chi connectivity index (χ2v) is 6.69. The van der Waals surface area contributed by atoms with Gasteiger partial charge in [-0.25, -0.2) is 18.2 Å². The van der Waals surface area contributed by atoms with Crippen LogP contribution < -0.4 is 4.90 Å². The smallest absolute Gasteiger partial charge is 0.338 e. The van der Waals surface area contributed by atoms with Crippen molar-refractivity contribution in [3.8, 4) is 0 Å². The number of methoxy groups -OCH3 is 1. The molecular weight excluding hydrogens is 268 g/mol. The molecule has 0 saturated carbocycles. The van der Waals surface area contributed by atoms with Gasteiger partial charge in [-0.3, -0.25) is 0 Å². The lowest BCUT2D eigenvalue weighted by atomic mass is 10.2. The number of sulfone groups is 1. The molecule has 1 aromatic heterocycles. The zero-order valence-corrected chi connectivity index (χ0v) is 11.5.